The van der Waals surface area contributed by atoms with E-state index in [1.807, 2.05) is 6.08 Å². The smallest absolute Gasteiger partial charge is 0.347 e. The molecule has 0 heterocycles. The number of methoxy groups -OCH3 is 1. The molecule has 1 unspecified atom stereocenters. The molecule has 0 amide bonds. The van der Waals surface area contributed by atoms with Crippen LogP contribution in [0.1, 0.15) is 32.6 Å². The van der Waals surface area contributed by atoms with Gasteiger partial charge in [-0.05, 0) is 25.7 Å². The second-order valence-corrected chi connectivity index (χ2v) is 3.45. The molecule has 0 bridgehead atoms. The molecule has 4 nitrogen and oxygen atoms in total. The van der Waals surface area contributed by atoms with Crippen LogP contribution in [-0.2, 0) is 19.1 Å². The molecule has 1 aliphatic rings. The Morgan fingerprint density at radius 2 is 2.27 bits per heavy atom. The molecule has 0 spiro atoms. The normalized spacial score (nSPS) is 16.8. The van der Waals surface area contributed by atoms with Crippen molar-refractivity contribution in [3.63, 3.8) is 0 Å². The molecule has 1 rings (SSSR count). The second-order valence-electron chi connectivity index (χ2n) is 3.45. The van der Waals surface area contributed by atoms with Gasteiger partial charge in [0.2, 0.25) is 0 Å². The molecular formula is C11H16O4. The first-order valence-electron chi connectivity index (χ1n) is 5.16. The van der Waals surface area contributed by atoms with Crippen molar-refractivity contribution in [2.45, 2.75) is 38.7 Å². The summed E-state index contributed by atoms with van der Waals surface area (Å²) in [6.07, 6.45) is 4.18. The Hall–Kier alpha value is -1.32. The number of allylic oxidation sites excluding steroid dienone is 1. The van der Waals surface area contributed by atoms with E-state index in [0.717, 1.165) is 19.3 Å². The lowest BCUT2D eigenvalue weighted by atomic mass is 10.2. The van der Waals surface area contributed by atoms with Crippen LogP contribution in [0.5, 0.6) is 0 Å². The Balaban J connectivity index is 2.51. The monoisotopic (exact) mass is 212 g/mol. The number of rotatable bonds is 4. The first-order chi connectivity index (χ1) is 7.19. The van der Waals surface area contributed by atoms with Crippen molar-refractivity contribution in [3.05, 3.63) is 11.6 Å². The Kier molecular flexibility index (Phi) is 4.34. The lowest BCUT2D eigenvalue weighted by Gasteiger charge is -2.13. The summed E-state index contributed by atoms with van der Waals surface area (Å²) in [5.74, 6) is -0.880. The van der Waals surface area contributed by atoms with E-state index in [9.17, 15) is 9.59 Å². The average Bonchev–Trinajstić information content (AvgIpc) is 2.77. The summed E-state index contributed by atoms with van der Waals surface area (Å²) in [6, 6.07) is 0. The van der Waals surface area contributed by atoms with Gasteiger partial charge in [-0.15, -0.1) is 0 Å². The highest BCUT2D eigenvalue weighted by Gasteiger charge is 2.24. The largest absolute Gasteiger partial charge is 0.466 e. The molecule has 0 fully saturated rings. The van der Waals surface area contributed by atoms with E-state index in [4.69, 9.17) is 4.74 Å². The second kappa shape index (κ2) is 5.53. The van der Waals surface area contributed by atoms with Gasteiger partial charge in [-0.25, -0.2) is 9.59 Å². The van der Waals surface area contributed by atoms with Crippen molar-refractivity contribution in [3.8, 4) is 0 Å². The van der Waals surface area contributed by atoms with Crippen molar-refractivity contribution >= 4 is 11.9 Å². The van der Waals surface area contributed by atoms with E-state index < -0.39 is 12.1 Å². The van der Waals surface area contributed by atoms with Crippen LogP contribution >= 0.6 is 0 Å². The van der Waals surface area contributed by atoms with E-state index in [2.05, 4.69) is 4.74 Å². The Bertz CT molecular complexity index is 280. The molecule has 0 aromatic carbocycles. The molecule has 15 heavy (non-hydrogen) atoms. The maximum Gasteiger partial charge on any atom is 0.347 e. The highest BCUT2D eigenvalue weighted by molar-refractivity contribution is 5.91. The third kappa shape index (κ3) is 3.08. The molecule has 0 aromatic rings. The summed E-state index contributed by atoms with van der Waals surface area (Å²) >= 11 is 0. The zero-order chi connectivity index (χ0) is 11.3. The van der Waals surface area contributed by atoms with Crippen LogP contribution in [0.3, 0.4) is 0 Å². The maximum absolute atomic E-state index is 11.5. The minimum atomic E-state index is -0.774. The molecule has 0 radical (unpaired) electrons. The predicted molar refractivity (Wildman–Crippen MR) is 54.1 cm³/mol. The molecule has 1 aliphatic carbocycles. The molecule has 0 N–H and O–H groups in total. The summed E-state index contributed by atoms with van der Waals surface area (Å²) in [6.45, 7) is 1.78. The third-order valence-electron chi connectivity index (χ3n) is 2.39. The van der Waals surface area contributed by atoms with Crippen LogP contribution in [0.25, 0.3) is 0 Å². The number of esters is 2. The van der Waals surface area contributed by atoms with Crippen LogP contribution in [0.4, 0.5) is 0 Å². The van der Waals surface area contributed by atoms with Gasteiger partial charge in [0.1, 0.15) is 0 Å². The highest BCUT2D eigenvalue weighted by atomic mass is 16.6. The van der Waals surface area contributed by atoms with E-state index in [1.54, 1.807) is 6.92 Å². The maximum atomic E-state index is 11.5. The van der Waals surface area contributed by atoms with Crippen LogP contribution in [0, 0.1) is 0 Å². The Morgan fingerprint density at radius 3 is 2.73 bits per heavy atom. The van der Waals surface area contributed by atoms with Crippen molar-refractivity contribution < 1.29 is 19.1 Å². The van der Waals surface area contributed by atoms with E-state index in [1.165, 1.54) is 7.11 Å². The summed E-state index contributed by atoms with van der Waals surface area (Å²) in [4.78, 5) is 22.7. The fourth-order valence-electron chi connectivity index (χ4n) is 1.49. The van der Waals surface area contributed by atoms with Gasteiger partial charge in [0.25, 0.3) is 0 Å². The summed E-state index contributed by atoms with van der Waals surface area (Å²) in [5, 5.41) is 0. The fraction of sp³-hybridized carbons (Fsp3) is 0.636. The first kappa shape index (κ1) is 11.8. The molecule has 0 saturated heterocycles. The Morgan fingerprint density at radius 1 is 1.53 bits per heavy atom. The lowest BCUT2D eigenvalue weighted by molar-refractivity contribution is -0.163. The van der Waals surface area contributed by atoms with Gasteiger partial charge < -0.3 is 9.47 Å². The van der Waals surface area contributed by atoms with Crippen LogP contribution in [0.15, 0.2) is 11.6 Å². The number of ether oxygens (including phenoxy) is 2. The molecule has 4 heteroatoms. The lowest BCUT2D eigenvalue weighted by Crippen LogP contribution is -2.28. The molecule has 1 atom stereocenters. The SMILES string of the molecule is CCC(OC(=O)C1=CCCC1)C(=O)OC. The van der Waals surface area contributed by atoms with E-state index >= 15 is 0 Å². The average molecular weight is 212 g/mol. The molecule has 0 saturated carbocycles. The zero-order valence-corrected chi connectivity index (χ0v) is 9.12. The Labute approximate surface area is 89.2 Å². The summed E-state index contributed by atoms with van der Waals surface area (Å²) in [7, 11) is 1.29. The quantitative estimate of drug-likeness (QED) is 0.664. The minimum absolute atomic E-state index is 0.384. The standard InChI is InChI=1S/C11H16O4/c1-3-9(11(13)14-2)15-10(12)8-6-4-5-7-8/h6,9H,3-5,7H2,1-2H3. The molecule has 84 valence electrons. The van der Waals surface area contributed by atoms with Gasteiger partial charge in [0.15, 0.2) is 6.10 Å². The molecular weight excluding hydrogens is 196 g/mol. The van der Waals surface area contributed by atoms with Crippen LogP contribution in [-0.4, -0.2) is 25.2 Å². The van der Waals surface area contributed by atoms with Crippen molar-refractivity contribution in [2.75, 3.05) is 7.11 Å². The summed E-state index contributed by atoms with van der Waals surface area (Å²) in [5.41, 5.74) is 0.678. The number of hydrogen-bond acceptors (Lipinski definition) is 4. The number of hydrogen-bond donors (Lipinski definition) is 0. The van der Waals surface area contributed by atoms with E-state index in [-0.39, 0.29) is 5.97 Å². The number of carbonyl (C=O) groups excluding carboxylic acids is 2. The topological polar surface area (TPSA) is 52.6 Å². The van der Waals surface area contributed by atoms with Crippen molar-refractivity contribution in [2.24, 2.45) is 0 Å². The summed E-state index contributed by atoms with van der Waals surface area (Å²) < 4.78 is 9.59. The highest BCUT2D eigenvalue weighted by Crippen LogP contribution is 2.19. The van der Waals surface area contributed by atoms with Crippen molar-refractivity contribution in [1.29, 1.82) is 0 Å². The predicted octanol–water partition coefficient (Wildman–Crippen LogP) is 1.59. The molecule has 0 aromatic heterocycles. The van der Waals surface area contributed by atoms with Gasteiger partial charge in [-0.3, -0.25) is 0 Å². The van der Waals surface area contributed by atoms with Gasteiger partial charge in [-0.2, -0.15) is 0 Å². The van der Waals surface area contributed by atoms with Gasteiger partial charge in [0.05, 0.1) is 7.11 Å². The zero-order valence-electron chi connectivity index (χ0n) is 9.12. The van der Waals surface area contributed by atoms with Crippen LogP contribution in [0.2, 0.25) is 0 Å². The van der Waals surface area contributed by atoms with Gasteiger partial charge in [0, 0.05) is 5.57 Å². The van der Waals surface area contributed by atoms with E-state index in [0.29, 0.717) is 12.0 Å². The fourth-order valence-corrected chi connectivity index (χ4v) is 1.49. The number of carbonyl (C=O) groups is 2. The first-order valence-corrected chi connectivity index (χ1v) is 5.16. The van der Waals surface area contributed by atoms with Crippen molar-refractivity contribution in [1.82, 2.24) is 0 Å². The van der Waals surface area contributed by atoms with Gasteiger partial charge in [-0.1, -0.05) is 13.0 Å². The van der Waals surface area contributed by atoms with Crippen LogP contribution < -0.4 is 0 Å². The molecule has 0 aliphatic heterocycles. The van der Waals surface area contributed by atoms with Gasteiger partial charge >= 0.3 is 11.9 Å². The minimum Gasteiger partial charge on any atom is -0.466 e. The third-order valence-corrected chi connectivity index (χ3v) is 2.39.